The molecule has 0 fully saturated rings. The molecule has 1 amide bonds. The number of benzene rings is 2. The molecule has 30 heavy (non-hydrogen) atoms. The molecule has 0 N–H and O–H groups in total. The van der Waals surface area contributed by atoms with Crippen LogP contribution in [0.2, 0.25) is 0 Å². The number of halogens is 1. The number of nitrogens with zero attached hydrogens (tertiary/aromatic N) is 4. The van der Waals surface area contributed by atoms with Gasteiger partial charge in [0.15, 0.2) is 11.0 Å². The molecular weight excluding hydrogens is 399 g/mol. The Morgan fingerprint density at radius 3 is 2.23 bits per heavy atom. The smallest absolute Gasteiger partial charge is 0.233 e. The van der Waals surface area contributed by atoms with Gasteiger partial charge in [0.25, 0.3) is 0 Å². The fourth-order valence-electron chi connectivity index (χ4n) is 3.49. The first kappa shape index (κ1) is 22.0. The Hall–Kier alpha value is -2.67. The van der Waals surface area contributed by atoms with Crippen molar-refractivity contribution in [2.75, 3.05) is 5.75 Å². The number of aromatic nitrogens is 3. The van der Waals surface area contributed by atoms with Crippen LogP contribution in [0, 0.1) is 5.82 Å². The Balaban J connectivity index is 1.88. The van der Waals surface area contributed by atoms with Gasteiger partial charge in [0.2, 0.25) is 5.91 Å². The maximum absolute atomic E-state index is 13.4. The van der Waals surface area contributed by atoms with Crippen LogP contribution in [0.4, 0.5) is 4.39 Å². The number of carbonyl (C=O) groups excluding carboxylic acids is 1. The largest absolute Gasteiger partial charge is 0.337 e. The van der Waals surface area contributed by atoms with Crippen LogP contribution in [-0.2, 0) is 11.3 Å². The normalized spacial score (nSPS) is 11.3. The zero-order chi connectivity index (χ0) is 21.7. The molecule has 0 aliphatic rings. The molecule has 0 saturated carbocycles. The Morgan fingerprint density at radius 2 is 1.63 bits per heavy atom. The molecule has 0 saturated heterocycles. The van der Waals surface area contributed by atoms with Crippen LogP contribution < -0.4 is 0 Å². The molecule has 0 atom stereocenters. The summed E-state index contributed by atoms with van der Waals surface area (Å²) in [6.07, 6.45) is 0. The minimum Gasteiger partial charge on any atom is -0.337 e. The van der Waals surface area contributed by atoms with Crippen molar-refractivity contribution in [1.82, 2.24) is 19.7 Å². The van der Waals surface area contributed by atoms with Gasteiger partial charge in [0, 0.05) is 17.6 Å². The number of amides is 1. The van der Waals surface area contributed by atoms with Gasteiger partial charge in [-0.2, -0.15) is 0 Å². The van der Waals surface area contributed by atoms with Gasteiger partial charge in [0.1, 0.15) is 5.82 Å². The van der Waals surface area contributed by atoms with Crippen LogP contribution in [0.25, 0.3) is 11.4 Å². The summed E-state index contributed by atoms with van der Waals surface area (Å²) in [6, 6.07) is 16.5. The second-order valence-electron chi connectivity index (χ2n) is 7.66. The molecule has 0 radical (unpaired) electrons. The molecule has 158 valence electrons. The van der Waals surface area contributed by atoms with E-state index in [0.717, 1.165) is 11.1 Å². The van der Waals surface area contributed by atoms with Gasteiger partial charge < -0.3 is 4.90 Å². The fourth-order valence-corrected chi connectivity index (χ4v) is 4.30. The average Bonchev–Trinajstić information content (AvgIpc) is 3.09. The van der Waals surface area contributed by atoms with E-state index in [1.807, 2.05) is 67.5 Å². The minimum absolute atomic E-state index is 0.0718. The maximum Gasteiger partial charge on any atom is 0.233 e. The molecule has 5 nitrogen and oxygen atoms in total. The van der Waals surface area contributed by atoms with Crippen molar-refractivity contribution in [2.24, 2.45) is 0 Å². The lowest BCUT2D eigenvalue weighted by atomic mass is 10.2. The summed E-state index contributed by atoms with van der Waals surface area (Å²) in [7, 11) is 0. The lowest BCUT2D eigenvalue weighted by Gasteiger charge is -2.30. The first-order valence-corrected chi connectivity index (χ1v) is 11.0. The van der Waals surface area contributed by atoms with Gasteiger partial charge in [0.05, 0.1) is 12.3 Å². The topological polar surface area (TPSA) is 51.0 Å². The SMILES string of the molecule is CC(C)N(C(=O)CSc1nnc(-c2ccc(F)cc2)n1Cc1ccccc1)C(C)C. The third-order valence-electron chi connectivity index (χ3n) is 4.73. The molecular formula is C23H27FN4OS. The van der Waals surface area contributed by atoms with Crippen molar-refractivity contribution in [1.29, 1.82) is 0 Å². The van der Waals surface area contributed by atoms with Gasteiger partial charge in [-0.05, 0) is 57.5 Å². The van der Waals surface area contributed by atoms with Crippen molar-refractivity contribution in [3.63, 3.8) is 0 Å². The Morgan fingerprint density at radius 1 is 1.00 bits per heavy atom. The summed E-state index contributed by atoms with van der Waals surface area (Å²) in [5, 5.41) is 9.36. The molecule has 0 aliphatic heterocycles. The second-order valence-corrected chi connectivity index (χ2v) is 8.60. The summed E-state index contributed by atoms with van der Waals surface area (Å²) in [4.78, 5) is 14.7. The summed E-state index contributed by atoms with van der Waals surface area (Å²) >= 11 is 1.38. The molecule has 0 bridgehead atoms. The van der Waals surface area contributed by atoms with Crippen molar-refractivity contribution < 1.29 is 9.18 Å². The minimum atomic E-state index is -0.296. The quantitative estimate of drug-likeness (QED) is 0.482. The highest BCUT2D eigenvalue weighted by molar-refractivity contribution is 7.99. The van der Waals surface area contributed by atoms with Gasteiger partial charge in [-0.1, -0.05) is 42.1 Å². The highest BCUT2D eigenvalue weighted by Crippen LogP contribution is 2.26. The highest BCUT2D eigenvalue weighted by atomic mass is 32.2. The maximum atomic E-state index is 13.4. The van der Waals surface area contributed by atoms with E-state index in [0.29, 0.717) is 17.5 Å². The van der Waals surface area contributed by atoms with E-state index in [4.69, 9.17) is 0 Å². The number of carbonyl (C=O) groups is 1. The van der Waals surface area contributed by atoms with E-state index >= 15 is 0 Å². The summed E-state index contributed by atoms with van der Waals surface area (Å²) in [5.41, 5.74) is 1.88. The Kier molecular flexibility index (Phi) is 7.26. The van der Waals surface area contributed by atoms with Crippen LogP contribution in [0.15, 0.2) is 59.8 Å². The van der Waals surface area contributed by atoms with Crippen LogP contribution >= 0.6 is 11.8 Å². The summed E-state index contributed by atoms with van der Waals surface area (Å²) in [5.74, 6) is 0.712. The molecule has 3 aromatic rings. The van der Waals surface area contributed by atoms with Gasteiger partial charge in [-0.25, -0.2) is 4.39 Å². The van der Waals surface area contributed by atoms with Crippen LogP contribution in [0.1, 0.15) is 33.3 Å². The number of hydrogen-bond donors (Lipinski definition) is 0. The predicted molar refractivity (Wildman–Crippen MR) is 119 cm³/mol. The molecule has 0 spiro atoms. The Labute approximate surface area is 181 Å². The molecule has 3 rings (SSSR count). The lowest BCUT2D eigenvalue weighted by Crippen LogP contribution is -2.43. The van der Waals surface area contributed by atoms with Gasteiger partial charge in [-0.3, -0.25) is 9.36 Å². The van der Waals surface area contributed by atoms with Crippen molar-refractivity contribution in [3.8, 4) is 11.4 Å². The third-order valence-corrected chi connectivity index (χ3v) is 5.68. The lowest BCUT2D eigenvalue weighted by molar-refractivity contribution is -0.131. The fraction of sp³-hybridized carbons (Fsp3) is 0.348. The summed E-state index contributed by atoms with van der Waals surface area (Å²) in [6.45, 7) is 8.65. The first-order valence-electron chi connectivity index (χ1n) is 10.0. The van der Waals surface area contributed by atoms with Gasteiger partial charge >= 0.3 is 0 Å². The molecule has 2 aromatic carbocycles. The van der Waals surface area contributed by atoms with Gasteiger partial charge in [-0.15, -0.1) is 10.2 Å². The number of thioether (sulfide) groups is 1. The molecule has 0 unspecified atom stereocenters. The first-order chi connectivity index (χ1) is 14.4. The van der Waals surface area contributed by atoms with E-state index in [1.54, 1.807) is 12.1 Å². The zero-order valence-electron chi connectivity index (χ0n) is 17.7. The second kappa shape index (κ2) is 9.89. The van der Waals surface area contributed by atoms with E-state index < -0.39 is 0 Å². The van der Waals surface area contributed by atoms with Crippen molar-refractivity contribution >= 4 is 17.7 Å². The van der Waals surface area contributed by atoms with Crippen LogP contribution in [-0.4, -0.2) is 43.4 Å². The van der Waals surface area contributed by atoms with Crippen molar-refractivity contribution in [2.45, 2.75) is 51.5 Å². The monoisotopic (exact) mass is 426 g/mol. The number of rotatable bonds is 8. The molecule has 1 heterocycles. The van der Waals surface area contributed by atoms with Crippen LogP contribution in [0.3, 0.4) is 0 Å². The van der Waals surface area contributed by atoms with E-state index in [-0.39, 0.29) is 29.6 Å². The molecule has 1 aromatic heterocycles. The predicted octanol–water partition coefficient (Wildman–Crippen LogP) is 4.87. The standard InChI is InChI=1S/C23H27FN4OS/c1-16(2)28(17(3)4)21(29)15-30-23-26-25-22(19-10-12-20(24)13-11-19)27(23)14-18-8-6-5-7-9-18/h5-13,16-17H,14-15H2,1-4H3. The van der Waals surface area contributed by atoms with Crippen LogP contribution in [0.5, 0.6) is 0 Å². The number of hydrogen-bond acceptors (Lipinski definition) is 4. The van der Waals surface area contributed by atoms with E-state index in [1.165, 1.54) is 23.9 Å². The zero-order valence-corrected chi connectivity index (χ0v) is 18.6. The van der Waals surface area contributed by atoms with E-state index in [9.17, 15) is 9.18 Å². The Bertz CT molecular complexity index is 963. The molecule has 0 aliphatic carbocycles. The average molecular weight is 427 g/mol. The van der Waals surface area contributed by atoms with Crippen molar-refractivity contribution in [3.05, 3.63) is 66.0 Å². The highest BCUT2D eigenvalue weighted by Gasteiger charge is 2.22. The summed E-state index contributed by atoms with van der Waals surface area (Å²) < 4.78 is 15.4. The van der Waals surface area contributed by atoms with E-state index in [2.05, 4.69) is 10.2 Å². The third kappa shape index (κ3) is 5.27. The molecule has 7 heteroatoms.